The Bertz CT molecular complexity index is 1200. The molecule has 3 N–H and O–H groups in total. The molecule has 0 aromatic heterocycles. The van der Waals surface area contributed by atoms with Crippen LogP contribution in [0, 0.1) is 5.92 Å². The zero-order valence-electron chi connectivity index (χ0n) is 37.5. The minimum Gasteiger partial charge on any atom is -0.756 e. The van der Waals surface area contributed by atoms with Crippen LogP contribution in [0.1, 0.15) is 155 Å². The van der Waals surface area contributed by atoms with E-state index in [9.17, 15) is 29.6 Å². The fraction of sp³-hybridized carbons (Fsp3) is 0.804. The number of phosphoric ester groups is 1. The number of esters is 1. The second-order valence-corrected chi connectivity index (χ2v) is 18.4. The summed E-state index contributed by atoms with van der Waals surface area (Å²) in [6.45, 7) is 4.29. The van der Waals surface area contributed by atoms with Gasteiger partial charge in [0.15, 0.2) is 12.4 Å². The molecule has 0 spiro atoms. The number of nitrogens with zero attached hydrogens (tertiary/aromatic N) is 1. The van der Waals surface area contributed by atoms with Gasteiger partial charge >= 0.3 is 5.97 Å². The topological polar surface area (TPSA) is 164 Å². The maximum Gasteiger partial charge on any atom is 0.306 e. The monoisotopic (exact) mass is 858 g/mol. The normalized spacial score (nSPS) is 21.2. The van der Waals surface area contributed by atoms with Crippen molar-refractivity contribution in [3.05, 3.63) is 48.8 Å². The number of aliphatic hydroxyl groups excluding tert-OH is 3. The minimum atomic E-state index is -4.62. The molecule has 0 aliphatic carbocycles. The van der Waals surface area contributed by atoms with Gasteiger partial charge in [0.2, 0.25) is 0 Å². The molecule has 0 amide bonds. The lowest BCUT2D eigenvalue weighted by molar-refractivity contribution is -0.870. The van der Waals surface area contributed by atoms with Crippen LogP contribution >= 0.6 is 7.82 Å². The lowest BCUT2D eigenvalue weighted by Crippen LogP contribution is -2.43. The Balaban J connectivity index is 2.52. The largest absolute Gasteiger partial charge is 0.756 e. The van der Waals surface area contributed by atoms with Crippen LogP contribution in [0.3, 0.4) is 0 Å². The van der Waals surface area contributed by atoms with E-state index in [4.69, 9.17) is 23.3 Å². The molecule has 0 bridgehead atoms. The molecule has 2 unspecified atom stereocenters. The molecule has 1 fully saturated rings. The van der Waals surface area contributed by atoms with Gasteiger partial charge in [-0.15, -0.1) is 0 Å². The molecule has 1 aliphatic rings. The summed E-state index contributed by atoms with van der Waals surface area (Å²) in [5.74, 6) is -0.796. The maximum atomic E-state index is 12.8. The molecule has 0 saturated carbocycles. The Morgan fingerprint density at radius 1 is 0.814 bits per heavy atom. The quantitative estimate of drug-likeness (QED) is 0.0136. The average molecular weight is 858 g/mol. The van der Waals surface area contributed by atoms with Gasteiger partial charge in [-0.25, -0.2) is 0 Å². The van der Waals surface area contributed by atoms with Gasteiger partial charge in [0, 0.05) is 18.8 Å². The van der Waals surface area contributed by atoms with E-state index >= 15 is 0 Å². The van der Waals surface area contributed by atoms with E-state index in [1.807, 2.05) is 39.4 Å². The summed E-state index contributed by atoms with van der Waals surface area (Å²) in [7, 11) is 1.15. The van der Waals surface area contributed by atoms with Gasteiger partial charge in [0.25, 0.3) is 7.82 Å². The minimum absolute atomic E-state index is 0.0360. The van der Waals surface area contributed by atoms with E-state index in [0.29, 0.717) is 36.7 Å². The molecular weight excluding hydrogens is 773 g/mol. The van der Waals surface area contributed by atoms with Crippen LogP contribution in [0.5, 0.6) is 0 Å². The standard InChI is InChI=1S/C46H84NO11P/c1-6-8-10-11-12-13-14-15-16-17-18-19-20-21-24-28-35-54-38-41(39-56-59(52,53)55-36-34-47(3,4)5)57-45(50)31-27-23-22-26-30-42-43(49)37-46(51)58-44(42)33-32-40(48)29-25-9-7-2/h15-16,22,26,28,32-33,35,40-44,46,48-49,51H,6-14,17-21,23-25,27,29-31,34,36-39H2,1-5H3/b16-15-,26-22-,33-32+,35-28-/t40-,41+,42-,43-,44+,46?/m0/s1. The third-order valence-corrected chi connectivity index (χ3v) is 11.2. The van der Waals surface area contributed by atoms with Crippen molar-refractivity contribution in [3.63, 3.8) is 0 Å². The first kappa shape index (κ1) is 55.2. The van der Waals surface area contributed by atoms with Gasteiger partial charge in [-0.2, -0.15) is 0 Å². The Kier molecular flexibility index (Phi) is 32.4. The molecule has 12 nitrogen and oxygen atoms in total. The van der Waals surface area contributed by atoms with Gasteiger partial charge in [0.1, 0.15) is 19.8 Å². The van der Waals surface area contributed by atoms with Crippen molar-refractivity contribution in [2.45, 2.75) is 186 Å². The SMILES string of the molecule is CCCCCCCC/C=C\CCCCCC/C=C\OC[C@H](COP(=O)([O-])OCC[N+](C)(C)C)OC(=O)CCC/C=C\C[C@H]1[C@@H](O)CC(O)O[C@@H]1/C=C/[C@@H](O)CCCCC. The summed E-state index contributed by atoms with van der Waals surface area (Å²) in [5.41, 5.74) is 0. The molecule has 1 rings (SSSR count). The summed E-state index contributed by atoms with van der Waals surface area (Å²) < 4.78 is 40.0. The van der Waals surface area contributed by atoms with Crippen LogP contribution in [0.15, 0.2) is 48.8 Å². The average Bonchev–Trinajstić information content (AvgIpc) is 3.17. The molecule has 13 heteroatoms. The Morgan fingerprint density at radius 3 is 2.07 bits per heavy atom. The first-order valence-electron chi connectivity index (χ1n) is 22.8. The molecule has 7 atom stereocenters. The zero-order valence-corrected chi connectivity index (χ0v) is 38.4. The van der Waals surface area contributed by atoms with Crippen LogP contribution < -0.4 is 4.89 Å². The Labute approximate surface area is 358 Å². The van der Waals surface area contributed by atoms with E-state index in [0.717, 1.165) is 44.9 Å². The van der Waals surface area contributed by atoms with Gasteiger partial charge in [-0.05, 0) is 70.3 Å². The molecule has 0 aromatic carbocycles. The number of likely N-dealkylation sites (N-methyl/N-ethyl adjacent to an activating group) is 1. The van der Waals surface area contributed by atoms with Crippen LogP contribution in [-0.2, 0) is 32.6 Å². The number of ether oxygens (including phenoxy) is 3. The van der Waals surface area contributed by atoms with Crippen LogP contribution in [0.2, 0.25) is 0 Å². The summed E-state index contributed by atoms with van der Waals surface area (Å²) in [6, 6.07) is 0. The number of rotatable bonds is 37. The van der Waals surface area contributed by atoms with Crippen LogP contribution in [0.25, 0.3) is 0 Å². The maximum absolute atomic E-state index is 12.8. The highest BCUT2D eigenvalue weighted by Gasteiger charge is 2.35. The van der Waals surface area contributed by atoms with Gasteiger partial charge < -0.3 is 48.0 Å². The number of hydrogen-bond donors (Lipinski definition) is 3. The van der Waals surface area contributed by atoms with Crippen molar-refractivity contribution in [3.8, 4) is 0 Å². The van der Waals surface area contributed by atoms with Crippen molar-refractivity contribution >= 4 is 13.8 Å². The number of unbranched alkanes of at least 4 members (excludes halogenated alkanes) is 14. The van der Waals surface area contributed by atoms with Gasteiger partial charge in [0.05, 0.1) is 52.3 Å². The smallest absolute Gasteiger partial charge is 0.306 e. The number of hydrogen-bond acceptors (Lipinski definition) is 11. The summed E-state index contributed by atoms with van der Waals surface area (Å²) in [5, 5.41) is 31.0. The molecule has 1 heterocycles. The third-order valence-electron chi connectivity index (χ3n) is 10.2. The molecule has 344 valence electrons. The number of quaternary nitrogens is 1. The van der Waals surface area contributed by atoms with E-state index in [2.05, 4.69) is 26.0 Å². The van der Waals surface area contributed by atoms with Crippen molar-refractivity contribution in [2.75, 3.05) is 47.5 Å². The van der Waals surface area contributed by atoms with Gasteiger partial charge in [-0.1, -0.05) is 115 Å². The summed E-state index contributed by atoms with van der Waals surface area (Å²) >= 11 is 0. The van der Waals surface area contributed by atoms with E-state index in [1.165, 1.54) is 57.8 Å². The lowest BCUT2D eigenvalue weighted by atomic mass is 9.87. The molecule has 0 aromatic rings. The van der Waals surface area contributed by atoms with Gasteiger partial charge in [-0.3, -0.25) is 9.36 Å². The fourth-order valence-corrected chi connectivity index (χ4v) is 7.27. The lowest BCUT2D eigenvalue weighted by Gasteiger charge is -2.36. The molecule has 59 heavy (non-hydrogen) atoms. The highest BCUT2D eigenvalue weighted by Crippen LogP contribution is 2.38. The highest BCUT2D eigenvalue weighted by atomic mass is 31.2. The second kappa shape index (κ2) is 34.7. The van der Waals surface area contributed by atoms with Crippen molar-refractivity contribution in [1.29, 1.82) is 0 Å². The number of carbonyl (C=O) groups is 1. The first-order valence-corrected chi connectivity index (χ1v) is 24.3. The van der Waals surface area contributed by atoms with E-state index < -0.39 is 51.1 Å². The zero-order chi connectivity index (χ0) is 43.6. The summed E-state index contributed by atoms with van der Waals surface area (Å²) in [4.78, 5) is 25.2. The number of carbonyl (C=O) groups excluding carboxylic acids is 1. The molecular formula is C46H84NO11P. The molecule has 0 radical (unpaired) electrons. The third kappa shape index (κ3) is 32.5. The fourth-order valence-electron chi connectivity index (χ4n) is 6.54. The van der Waals surface area contributed by atoms with E-state index in [1.54, 1.807) is 18.4 Å². The predicted octanol–water partition coefficient (Wildman–Crippen LogP) is 8.98. The van der Waals surface area contributed by atoms with E-state index in [-0.39, 0.29) is 32.0 Å². The van der Waals surface area contributed by atoms with Crippen LogP contribution in [0.4, 0.5) is 0 Å². The highest BCUT2D eigenvalue weighted by molar-refractivity contribution is 7.45. The number of allylic oxidation sites excluding steroid dienone is 5. The van der Waals surface area contributed by atoms with Crippen molar-refractivity contribution in [2.24, 2.45) is 5.92 Å². The first-order chi connectivity index (χ1) is 28.3. The second-order valence-electron chi connectivity index (χ2n) is 17.0. The Hall–Kier alpha value is -1.86. The number of phosphoric acid groups is 1. The predicted molar refractivity (Wildman–Crippen MR) is 234 cm³/mol. The summed E-state index contributed by atoms with van der Waals surface area (Å²) in [6.07, 6.45) is 32.6. The van der Waals surface area contributed by atoms with Crippen molar-refractivity contribution < 1.29 is 57.3 Å². The Morgan fingerprint density at radius 2 is 1.41 bits per heavy atom. The molecule has 1 saturated heterocycles. The van der Waals surface area contributed by atoms with Crippen molar-refractivity contribution in [1.82, 2.24) is 0 Å². The number of aliphatic hydroxyl groups is 3. The van der Waals surface area contributed by atoms with Crippen LogP contribution in [-0.4, -0.2) is 104 Å². The molecule has 1 aliphatic heterocycles.